The average Bonchev–Trinajstić information content (AvgIpc) is 2.98. The van der Waals surface area contributed by atoms with Gasteiger partial charge in [-0.2, -0.15) is 0 Å². The van der Waals surface area contributed by atoms with E-state index in [4.69, 9.17) is 4.74 Å². The molecule has 6 bridgehead atoms. The summed E-state index contributed by atoms with van der Waals surface area (Å²) in [7, 11) is 0. The minimum absolute atomic E-state index is 0.0548. The average molecular weight is 272 g/mol. The van der Waals surface area contributed by atoms with E-state index in [2.05, 4.69) is 6.08 Å². The summed E-state index contributed by atoms with van der Waals surface area (Å²) in [5, 5.41) is 0. The lowest BCUT2D eigenvalue weighted by Gasteiger charge is -2.55. The van der Waals surface area contributed by atoms with Gasteiger partial charge < -0.3 is 4.74 Å². The van der Waals surface area contributed by atoms with Crippen LogP contribution in [0.25, 0.3) is 0 Å². The van der Waals surface area contributed by atoms with E-state index in [-0.39, 0.29) is 11.6 Å². The van der Waals surface area contributed by atoms with Gasteiger partial charge in [0, 0.05) is 5.57 Å². The van der Waals surface area contributed by atoms with Crippen molar-refractivity contribution in [2.45, 2.75) is 63.4 Å². The molecule has 6 aliphatic carbocycles. The Morgan fingerprint density at radius 3 is 2.15 bits per heavy atom. The Balaban J connectivity index is 1.36. The van der Waals surface area contributed by atoms with Crippen LogP contribution in [0.1, 0.15) is 57.8 Å². The summed E-state index contributed by atoms with van der Waals surface area (Å²) in [5.41, 5.74) is 0.978. The number of carbonyl (C=O) groups excluding carboxylic acids is 1. The van der Waals surface area contributed by atoms with Crippen LogP contribution in [0.2, 0.25) is 0 Å². The van der Waals surface area contributed by atoms with Gasteiger partial charge in [-0.05, 0) is 87.4 Å². The molecule has 20 heavy (non-hydrogen) atoms. The topological polar surface area (TPSA) is 26.3 Å². The monoisotopic (exact) mass is 272 g/mol. The molecule has 5 fully saturated rings. The first-order chi connectivity index (χ1) is 9.69. The molecule has 108 valence electrons. The molecule has 0 aromatic heterocycles. The van der Waals surface area contributed by atoms with Gasteiger partial charge in [0.1, 0.15) is 5.60 Å². The van der Waals surface area contributed by atoms with E-state index in [1.807, 2.05) is 0 Å². The third kappa shape index (κ3) is 1.66. The highest BCUT2D eigenvalue weighted by Gasteiger charge is 2.53. The van der Waals surface area contributed by atoms with Gasteiger partial charge in [0.15, 0.2) is 0 Å². The second-order valence-electron chi connectivity index (χ2n) is 8.38. The predicted octanol–water partition coefficient (Wildman–Crippen LogP) is 3.85. The summed E-state index contributed by atoms with van der Waals surface area (Å²) < 4.78 is 6.18. The predicted molar refractivity (Wildman–Crippen MR) is 75.9 cm³/mol. The number of esters is 1. The molecule has 2 nitrogen and oxygen atoms in total. The molecule has 6 aliphatic rings. The molecule has 0 spiro atoms. The van der Waals surface area contributed by atoms with Gasteiger partial charge in [-0.1, -0.05) is 6.08 Å². The number of ether oxygens (including phenoxy) is 1. The maximum absolute atomic E-state index is 12.6. The molecule has 2 atom stereocenters. The molecule has 0 aromatic carbocycles. The van der Waals surface area contributed by atoms with E-state index < -0.39 is 0 Å². The number of allylic oxidation sites excluding steroid dienone is 1. The number of hydrogen-bond acceptors (Lipinski definition) is 2. The van der Waals surface area contributed by atoms with Crippen molar-refractivity contribution in [3.05, 3.63) is 11.6 Å². The number of hydrogen-bond donors (Lipinski definition) is 0. The minimum atomic E-state index is -0.0610. The van der Waals surface area contributed by atoms with Crippen LogP contribution in [0.4, 0.5) is 0 Å². The fourth-order valence-electron chi connectivity index (χ4n) is 6.49. The smallest absolute Gasteiger partial charge is 0.334 e. The molecular formula is C18H24O2. The largest absolute Gasteiger partial charge is 0.456 e. The highest BCUT2D eigenvalue weighted by molar-refractivity contribution is 5.90. The molecule has 0 amide bonds. The Morgan fingerprint density at radius 2 is 1.65 bits per heavy atom. The number of rotatable bonds is 2. The SMILES string of the molecule is O=C(OC12CC3CC(CC(C3)C1)C2)C1=CC2CCC1C2. The Morgan fingerprint density at radius 1 is 1.00 bits per heavy atom. The van der Waals surface area contributed by atoms with Crippen LogP contribution in [0, 0.1) is 29.6 Å². The first kappa shape index (κ1) is 11.8. The van der Waals surface area contributed by atoms with Crippen molar-refractivity contribution in [2.24, 2.45) is 29.6 Å². The summed E-state index contributed by atoms with van der Waals surface area (Å²) in [4.78, 5) is 12.6. The van der Waals surface area contributed by atoms with Crippen LogP contribution in [-0.4, -0.2) is 11.6 Å². The zero-order valence-corrected chi connectivity index (χ0v) is 12.1. The fraction of sp³-hybridized carbons (Fsp3) is 0.833. The van der Waals surface area contributed by atoms with Crippen LogP contribution in [0.5, 0.6) is 0 Å². The summed E-state index contributed by atoms with van der Waals surface area (Å²) in [6, 6.07) is 0. The highest BCUT2D eigenvalue weighted by Crippen LogP contribution is 2.57. The van der Waals surface area contributed by atoms with E-state index in [9.17, 15) is 4.79 Å². The lowest BCUT2D eigenvalue weighted by Crippen LogP contribution is -2.53. The lowest BCUT2D eigenvalue weighted by atomic mass is 9.54. The zero-order chi connectivity index (χ0) is 13.3. The maximum atomic E-state index is 12.6. The van der Waals surface area contributed by atoms with E-state index in [0.717, 1.165) is 42.6 Å². The van der Waals surface area contributed by atoms with Gasteiger partial charge in [-0.25, -0.2) is 4.79 Å². The van der Waals surface area contributed by atoms with Crippen molar-refractivity contribution in [3.8, 4) is 0 Å². The third-order valence-corrected chi connectivity index (χ3v) is 6.86. The normalized spacial score (nSPS) is 51.4. The van der Waals surface area contributed by atoms with Crippen LogP contribution >= 0.6 is 0 Å². The second kappa shape index (κ2) is 3.90. The van der Waals surface area contributed by atoms with Gasteiger partial charge in [0.25, 0.3) is 0 Å². The van der Waals surface area contributed by atoms with E-state index >= 15 is 0 Å². The summed E-state index contributed by atoms with van der Waals surface area (Å²) >= 11 is 0. The molecule has 2 unspecified atom stereocenters. The van der Waals surface area contributed by atoms with E-state index in [0.29, 0.717) is 11.8 Å². The summed E-state index contributed by atoms with van der Waals surface area (Å²) in [6.45, 7) is 0. The molecular weight excluding hydrogens is 248 g/mol. The Bertz CT molecular complexity index is 454. The standard InChI is InChI=1S/C18H24O2/c19-17(16-7-11-1-2-15(16)6-11)20-18-8-12-3-13(9-18)5-14(4-12)10-18/h7,11-15H,1-6,8-10H2. The Kier molecular flexibility index (Phi) is 2.30. The van der Waals surface area contributed by atoms with Gasteiger partial charge in [0.05, 0.1) is 0 Å². The number of fused-ring (bicyclic) bond motifs is 2. The quantitative estimate of drug-likeness (QED) is 0.714. The second-order valence-corrected chi connectivity index (χ2v) is 8.38. The van der Waals surface area contributed by atoms with Crippen LogP contribution in [0.3, 0.4) is 0 Å². The number of carbonyl (C=O) groups is 1. The van der Waals surface area contributed by atoms with Gasteiger partial charge in [-0.3, -0.25) is 0 Å². The van der Waals surface area contributed by atoms with E-state index in [1.54, 1.807) is 0 Å². The van der Waals surface area contributed by atoms with Crippen LogP contribution < -0.4 is 0 Å². The van der Waals surface area contributed by atoms with Gasteiger partial charge in [-0.15, -0.1) is 0 Å². The highest BCUT2D eigenvalue weighted by atomic mass is 16.6. The Labute approximate surface area is 120 Å². The van der Waals surface area contributed by atoms with Crippen molar-refractivity contribution in [1.82, 2.24) is 0 Å². The van der Waals surface area contributed by atoms with Gasteiger partial charge in [0.2, 0.25) is 0 Å². The van der Waals surface area contributed by atoms with Crippen molar-refractivity contribution < 1.29 is 9.53 Å². The Hall–Kier alpha value is -0.790. The molecule has 0 aliphatic heterocycles. The first-order valence-corrected chi connectivity index (χ1v) is 8.64. The lowest BCUT2D eigenvalue weighted by molar-refractivity contribution is -0.182. The molecule has 0 aromatic rings. The molecule has 0 radical (unpaired) electrons. The molecule has 0 saturated heterocycles. The summed E-state index contributed by atoms with van der Waals surface area (Å²) in [6.07, 6.45) is 13.6. The van der Waals surface area contributed by atoms with E-state index in [1.165, 1.54) is 38.5 Å². The summed E-state index contributed by atoms with van der Waals surface area (Å²) in [5.74, 6) is 3.81. The van der Waals surface area contributed by atoms with Crippen LogP contribution in [-0.2, 0) is 9.53 Å². The minimum Gasteiger partial charge on any atom is -0.456 e. The van der Waals surface area contributed by atoms with Crippen LogP contribution in [0.15, 0.2) is 11.6 Å². The van der Waals surface area contributed by atoms with Crippen molar-refractivity contribution >= 4 is 5.97 Å². The van der Waals surface area contributed by atoms with Crippen molar-refractivity contribution in [2.75, 3.05) is 0 Å². The molecule has 0 N–H and O–H groups in total. The zero-order valence-electron chi connectivity index (χ0n) is 12.1. The first-order valence-electron chi connectivity index (χ1n) is 8.64. The fourth-order valence-corrected chi connectivity index (χ4v) is 6.49. The van der Waals surface area contributed by atoms with Gasteiger partial charge >= 0.3 is 5.97 Å². The molecule has 5 saturated carbocycles. The molecule has 2 heteroatoms. The third-order valence-electron chi connectivity index (χ3n) is 6.86. The van der Waals surface area contributed by atoms with Crippen molar-refractivity contribution in [3.63, 3.8) is 0 Å². The maximum Gasteiger partial charge on any atom is 0.334 e. The molecule has 6 rings (SSSR count). The molecule has 0 heterocycles. The van der Waals surface area contributed by atoms with Crippen molar-refractivity contribution in [1.29, 1.82) is 0 Å².